The molecule has 0 saturated carbocycles. The second-order valence-electron chi connectivity index (χ2n) is 9.06. The molecule has 1 saturated heterocycles. The zero-order chi connectivity index (χ0) is 29.0. The number of carbonyl (C=O) groups is 2. The van der Waals surface area contributed by atoms with Gasteiger partial charge in [-0.1, -0.05) is 31.5 Å². The number of nitrogens with zero attached hydrogens (tertiary/aromatic N) is 3. The Bertz CT molecular complexity index is 1160. The Morgan fingerprint density at radius 3 is 2.24 bits per heavy atom. The number of hydrogen-bond donors (Lipinski definition) is 1. The lowest BCUT2D eigenvalue weighted by Gasteiger charge is -2.39. The number of ether oxygens (including phenoxy) is 1. The standard InChI is InChI=1S/C26H32ClN3O2.C2H6.2CH2O/c1-16-15-28-23-7-6-19(20-13-22(27)26(31)24(14-20)32-5)12-21(23)25(16)30-10-8-18(9-11-30)17(2)29(3)4;3*1-2/h6-7,12-15,17-18,31H,8-11H2,1-5H3;1-2H3;2*1H2. The highest BCUT2D eigenvalue weighted by Gasteiger charge is 2.26. The lowest BCUT2D eigenvalue weighted by atomic mass is 9.89. The second kappa shape index (κ2) is 15.9. The molecular weight excluding hydrogens is 502 g/mol. The molecule has 1 atom stereocenters. The van der Waals surface area contributed by atoms with Gasteiger partial charge in [0.05, 0.1) is 23.3 Å². The summed E-state index contributed by atoms with van der Waals surface area (Å²) in [5.41, 5.74) is 5.36. The Hall–Kier alpha value is -3.16. The number of fused-ring (bicyclic) bond motifs is 1. The molecule has 1 unspecified atom stereocenters. The van der Waals surface area contributed by atoms with Crippen molar-refractivity contribution in [1.29, 1.82) is 0 Å². The van der Waals surface area contributed by atoms with Gasteiger partial charge in [-0.2, -0.15) is 0 Å². The van der Waals surface area contributed by atoms with Crippen LogP contribution in [0.15, 0.2) is 36.5 Å². The highest BCUT2D eigenvalue weighted by atomic mass is 35.5. The molecule has 0 aliphatic carbocycles. The van der Waals surface area contributed by atoms with Crippen molar-refractivity contribution in [2.24, 2.45) is 5.92 Å². The number of phenols is 1. The molecular formula is C30H42ClN3O4. The number of carbonyl (C=O) groups excluding carboxylic acids is 2. The maximum Gasteiger partial charge on any atom is 0.176 e. The van der Waals surface area contributed by atoms with Crippen molar-refractivity contribution in [1.82, 2.24) is 9.88 Å². The van der Waals surface area contributed by atoms with Gasteiger partial charge in [-0.25, -0.2) is 0 Å². The summed E-state index contributed by atoms with van der Waals surface area (Å²) < 4.78 is 5.30. The topological polar surface area (TPSA) is 83.0 Å². The highest BCUT2D eigenvalue weighted by molar-refractivity contribution is 6.32. The third-order valence-corrected chi connectivity index (χ3v) is 7.24. The first-order chi connectivity index (χ1) is 18.3. The molecule has 7 nitrogen and oxygen atoms in total. The minimum atomic E-state index is -0.0354. The van der Waals surface area contributed by atoms with Crippen molar-refractivity contribution in [2.75, 3.05) is 39.2 Å². The molecule has 2 heterocycles. The van der Waals surface area contributed by atoms with Crippen LogP contribution >= 0.6 is 11.6 Å². The van der Waals surface area contributed by atoms with Crippen LogP contribution in [0.25, 0.3) is 22.0 Å². The molecule has 8 heteroatoms. The van der Waals surface area contributed by atoms with Crippen molar-refractivity contribution < 1.29 is 19.4 Å². The van der Waals surface area contributed by atoms with Gasteiger partial charge in [0.15, 0.2) is 11.5 Å². The number of pyridine rings is 1. The van der Waals surface area contributed by atoms with Gasteiger partial charge in [0.25, 0.3) is 0 Å². The Labute approximate surface area is 232 Å². The van der Waals surface area contributed by atoms with E-state index in [1.807, 2.05) is 45.8 Å². The van der Waals surface area contributed by atoms with Gasteiger partial charge in [0.2, 0.25) is 0 Å². The van der Waals surface area contributed by atoms with E-state index in [0.717, 1.165) is 41.0 Å². The van der Waals surface area contributed by atoms with Crippen molar-refractivity contribution in [3.63, 3.8) is 0 Å². The number of rotatable bonds is 5. The Morgan fingerprint density at radius 1 is 1.08 bits per heavy atom. The molecule has 1 aromatic heterocycles. The number of anilines is 1. The first-order valence-corrected chi connectivity index (χ1v) is 13.1. The average molecular weight is 544 g/mol. The molecule has 1 aliphatic rings. The van der Waals surface area contributed by atoms with E-state index >= 15 is 0 Å². The zero-order valence-electron chi connectivity index (χ0n) is 23.8. The Balaban J connectivity index is 0.00000112. The van der Waals surface area contributed by atoms with Crippen molar-refractivity contribution in [3.05, 3.63) is 47.1 Å². The molecule has 0 radical (unpaired) electrons. The monoisotopic (exact) mass is 543 g/mol. The van der Waals surface area contributed by atoms with Gasteiger partial charge >= 0.3 is 0 Å². The zero-order valence-corrected chi connectivity index (χ0v) is 24.5. The molecule has 1 aliphatic heterocycles. The molecule has 3 aromatic rings. The number of aryl methyl sites for hydroxylation is 1. The van der Waals surface area contributed by atoms with Crippen LogP contribution in [-0.4, -0.2) is 68.9 Å². The lowest BCUT2D eigenvalue weighted by molar-refractivity contribution is -0.0987. The summed E-state index contributed by atoms with van der Waals surface area (Å²) in [6, 6.07) is 10.5. The van der Waals surface area contributed by atoms with E-state index in [1.165, 1.54) is 31.2 Å². The summed E-state index contributed by atoms with van der Waals surface area (Å²) in [4.78, 5) is 25.5. The summed E-state index contributed by atoms with van der Waals surface area (Å²) >= 11 is 6.25. The van der Waals surface area contributed by atoms with Crippen LogP contribution in [0.4, 0.5) is 5.69 Å². The minimum Gasteiger partial charge on any atom is -0.503 e. The van der Waals surface area contributed by atoms with Crippen LogP contribution < -0.4 is 9.64 Å². The minimum absolute atomic E-state index is 0.0354. The summed E-state index contributed by atoms with van der Waals surface area (Å²) in [5.74, 6) is 1.05. The number of benzene rings is 2. The van der Waals surface area contributed by atoms with Gasteiger partial charge in [-0.3, -0.25) is 4.98 Å². The van der Waals surface area contributed by atoms with Crippen molar-refractivity contribution in [3.8, 4) is 22.6 Å². The van der Waals surface area contributed by atoms with E-state index in [1.54, 1.807) is 6.07 Å². The number of piperidine rings is 1. The van der Waals surface area contributed by atoms with Gasteiger partial charge in [-0.05, 0) is 87.7 Å². The summed E-state index contributed by atoms with van der Waals surface area (Å²) in [6.07, 6.45) is 4.35. The number of phenolic OH excluding ortho intramolecular Hbond substituents is 1. The Morgan fingerprint density at radius 2 is 1.68 bits per heavy atom. The molecule has 1 fully saturated rings. The van der Waals surface area contributed by atoms with Gasteiger partial charge in [0.1, 0.15) is 13.6 Å². The maximum absolute atomic E-state index is 10.1. The third kappa shape index (κ3) is 7.45. The van der Waals surface area contributed by atoms with Crippen LogP contribution in [0.3, 0.4) is 0 Å². The van der Waals surface area contributed by atoms with E-state index in [0.29, 0.717) is 11.8 Å². The molecule has 0 spiro atoms. The number of aromatic nitrogens is 1. The number of hydrogen-bond acceptors (Lipinski definition) is 7. The Kier molecular flexibility index (Phi) is 13.8. The summed E-state index contributed by atoms with van der Waals surface area (Å²) in [7, 11) is 5.87. The largest absolute Gasteiger partial charge is 0.503 e. The average Bonchev–Trinajstić information content (AvgIpc) is 2.97. The fraction of sp³-hybridized carbons (Fsp3) is 0.433. The molecule has 208 valence electrons. The number of halogens is 1. The molecule has 2 aromatic carbocycles. The first kappa shape index (κ1) is 32.9. The maximum atomic E-state index is 10.1. The van der Waals surface area contributed by atoms with Crippen molar-refractivity contribution in [2.45, 2.75) is 46.6 Å². The van der Waals surface area contributed by atoms with Crippen LogP contribution in [0.1, 0.15) is 39.2 Å². The third-order valence-electron chi connectivity index (χ3n) is 6.96. The van der Waals surface area contributed by atoms with Crippen molar-refractivity contribution >= 4 is 41.8 Å². The van der Waals surface area contributed by atoms with E-state index in [-0.39, 0.29) is 10.8 Å². The van der Waals surface area contributed by atoms with Crippen LogP contribution in [0, 0.1) is 12.8 Å². The molecule has 0 bridgehead atoms. The summed E-state index contributed by atoms with van der Waals surface area (Å²) in [5, 5.41) is 11.5. The number of methoxy groups -OCH3 is 1. The van der Waals surface area contributed by atoms with Gasteiger partial charge in [-0.15, -0.1) is 0 Å². The van der Waals surface area contributed by atoms with Gasteiger partial charge < -0.3 is 29.2 Å². The predicted octanol–water partition coefficient (Wildman–Crippen LogP) is 6.40. The fourth-order valence-electron chi connectivity index (χ4n) is 4.80. The summed E-state index contributed by atoms with van der Waals surface area (Å²) in [6.45, 7) is 14.6. The predicted molar refractivity (Wildman–Crippen MR) is 159 cm³/mol. The molecule has 0 amide bonds. The van der Waals surface area contributed by atoms with E-state index < -0.39 is 0 Å². The van der Waals surface area contributed by atoms with Crippen LogP contribution in [0.5, 0.6) is 11.5 Å². The number of aromatic hydroxyl groups is 1. The quantitative estimate of drug-likeness (QED) is 0.398. The molecule has 4 rings (SSSR count). The fourth-order valence-corrected chi connectivity index (χ4v) is 5.01. The second-order valence-corrected chi connectivity index (χ2v) is 9.47. The van der Waals surface area contributed by atoms with E-state index in [2.05, 4.69) is 54.9 Å². The lowest BCUT2D eigenvalue weighted by Crippen LogP contribution is -2.41. The highest BCUT2D eigenvalue weighted by Crippen LogP contribution is 2.40. The molecule has 38 heavy (non-hydrogen) atoms. The van der Waals surface area contributed by atoms with Gasteiger partial charge in [0, 0.05) is 30.7 Å². The van der Waals surface area contributed by atoms with E-state index in [4.69, 9.17) is 25.9 Å². The first-order valence-electron chi connectivity index (χ1n) is 12.8. The normalized spacial score (nSPS) is 13.9. The SMILES string of the molecule is C=O.C=O.CC.COc1cc(-c2ccc3ncc(C)c(N4CCC(C(C)N(C)C)CC4)c3c2)cc(Cl)c1O. The van der Waals surface area contributed by atoms with Crippen LogP contribution in [0.2, 0.25) is 5.02 Å². The van der Waals surface area contributed by atoms with E-state index in [9.17, 15) is 5.11 Å². The molecule has 1 N–H and O–H groups in total. The van der Waals surface area contributed by atoms with Crippen LogP contribution in [-0.2, 0) is 9.59 Å². The smallest absolute Gasteiger partial charge is 0.176 e.